The molecule has 2 aromatic rings. The van der Waals surface area contributed by atoms with Gasteiger partial charge in [0.05, 0.1) is 6.54 Å². The maximum atomic E-state index is 12.9. The molecule has 0 N–H and O–H groups in total. The molecule has 1 spiro atoms. The van der Waals surface area contributed by atoms with Gasteiger partial charge in [-0.05, 0) is 43.7 Å². The quantitative estimate of drug-likeness (QED) is 0.381. The Morgan fingerprint density at radius 2 is 1.97 bits per heavy atom. The van der Waals surface area contributed by atoms with Crippen molar-refractivity contribution in [3.63, 3.8) is 0 Å². The molecule has 0 saturated heterocycles. The van der Waals surface area contributed by atoms with Crippen molar-refractivity contribution < 1.29 is 19.1 Å². The van der Waals surface area contributed by atoms with Crippen LogP contribution in [0.5, 0.6) is 0 Å². The molecule has 1 saturated carbocycles. The molecule has 158 valence electrons. The zero-order valence-electron chi connectivity index (χ0n) is 17.2. The summed E-state index contributed by atoms with van der Waals surface area (Å²) in [5.74, 6) is 0. The summed E-state index contributed by atoms with van der Waals surface area (Å²) in [6.07, 6.45) is 6.87. The van der Waals surface area contributed by atoms with E-state index in [0.29, 0.717) is 25.7 Å². The van der Waals surface area contributed by atoms with E-state index in [1.54, 1.807) is 0 Å². The smallest absolute Gasteiger partial charge is 0.410 e. The monoisotopic (exact) mass is 408 g/mol. The van der Waals surface area contributed by atoms with E-state index in [9.17, 15) is 14.8 Å². The van der Waals surface area contributed by atoms with E-state index in [4.69, 9.17) is 4.74 Å². The standard InChI is InChI=1S/C24H28N2O4/c27-17-16-25(23(28)30-18-19-6-2-1-3-7-19)15-5-8-20-10-11-21-22(26(20)29)9-4-12-24(21)13-14-24/h1-3,6-7,10-11,17H,4-5,8-9,12-16,18H2. The second-order valence-electron chi connectivity index (χ2n) is 8.37. The summed E-state index contributed by atoms with van der Waals surface area (Å²) in [6.45, 7) is 0.521. The molecule has 2 aliphatic carbocycles. The number of carbonyl (C=O) groups excluding carboxylic acids is 2. The Balaban J connectivity index is 1.33. The molecule has 1 fully saturated rings. The number of aldehydes is 1. The fourth-order valence-corrected chi connectivity index (χ4v) is 4.54. The number of pyridine rings is 1. The Morgan fingerprint density at radius 3 is 2.70 bits per heavy atom. The maximum Gasteiger partial charge on any atom is 0.410 e. The summed E-state index contributed by atoms with van der Waals surface area (Å²) < 4.78 is 6.45. The number of hydrogen-bond donors (Lipinski definition) is 0. The normalized spacial score (nSPS) is 16.0. The van der Waals surface area contributed by atoms with Gasteiger partial charge in [0, 0.05) is 36.4 Å². The molecule has 1 amide bonds. The lowest BCUT2D eigenvalue weighted by atomic mass is 9.82. The molecular formula is C24H28N2O4. The third-order valence-corrected chi connectivity index (χ3v) is 6.37. The molecule has 0 aliphatic heterocycles. The molecule has 1 heterocycles. The molecule has 0 radical (unpaired) electrons. The van der Waals surface area contributed by atoms with Gasteiger partial charge in [-0.25, -0.2) is 4.79 Å². The number of carbonyl (C=O) groups is 2. The number of hydrogen-bond acceptors (Lipinski definition) is 4. The number of aryl methyl sites for hydroxylation is 1. The summed E-state index contributed by atoms with van der Waals surface area (Å²) in [5.41, 5.74) is 4.09. The Labute approximate surface area is 177 Å². The molecule has 0 unspecified atom stereocenters. The summed E-state index contributed by atoms with van der Waals surface area (Å²) >= 11 is 0. The van der Waals surface area contributed by atoms with Crippen LogP contribution >= 0.6 is 0 Å². The Hall–Kier alpha value is -2.89. The van der Waals surface area contributed by atoms with Crippen molar-refractivity contribution in [2.24, 2.45) is 0 Å². The molecule has 6 heteroatoms. The second-order valence-corrected chi connectivity index (χ2v) is 8.37. The maximum absolute atomic E-state index is 12.9. The zero-order valence-corrected chi connectivity index (χ0v) is 17.2. The molecule has 6 nitrogen and oxygen atoms in total. The lowest BCUT2D eigenvalue weighted by Gasteiger charge is -2.24. The summed E-state index contributed by atoms with van der Waals surface area (Å²) in [6, 6.07) is 13.5. The summed E-state index contributed by atoms with van der Waals surface area (Å²) in [4.78, 5) is 24.8. The van der Waals surface area contributed by atoms with Crippen LogP contribution in [0.15, 0.2) is 42.5 Å². The van der Waals surface area contributed by atoms with E-state index in [2.05, 4.69) is 6.07 Å². The highest BCUT2D eigenvalue weighted by Gasteiger charge is 2.49. The Morgan fingerprint density at radius 1 is 1.17 bits per heavy atom. The van der Waals surface area contributed by atoms with E-state index in [0.717, 1.165) is 34.5 Å². The van der Waals surface area contributed by atoms with Crippen molar-refractivity contribution in [2.75, 3.05) is 13.1 Å². The van der Waals surface area contributed by atoms with Crippen molar-refractivity contribution >= 4 is 12.4 Å². The third kappa shape index (κ3) is 4.32. The van der Waals surface area contributed by atoms with E-state index in [1.165, 1.54) is 29.7 Å². The van der Waals surface area contributed by atoms with Gasteiger partial charge in [0.2, 0.25) is 0 Å². The van der Waals surface area contributed by atoms with E-state index in [-0.39, 0.29) is 18.6 Å². The fourth-order valence-electron chi connectivity index (χ4n) is 4.54. The predicted octanol–water partition coefficient (Wildman–Crippen LogP) is 3.46. The number of aromatic nitrogens is 1. The lowest BCUT2D eigenvalue weighted by molar-refractivity contribution is -0.623. The van der Waals surface area contributed by atoms with E-state index in [1.807, 2.05) is 36.4 Å². The van der Waals surface area contributed by atoms with Crippen LogP contribution in [-0.2, 0) is 34.4 Å². The molecule has 1 aromatic heterocycles. The number of amides is 1. The minimum absolute atomic E-state index is 0.0162. The molecule has 0 atom stereocenters. The van der Waals surface area contributed by atoms with Gasteiger partial charge >= 0.3 is 6.09 Å². The first-order valence-corrected chi connectivity index (χ1v) is 10.8. The molecule has 30 heavy (non-hydrogen) atoms. The number of benzene rings is 1. The van der Waals surface area contributed by atoms with Crippen LogP contribution in [0.2, 0.25) is 0 Å². The Bertz CT molecular complexity index is 909. The highest BCUT2D eigenvalue weighted by molar-refractivity contribution is 5.71. The van der Waals surface area contributed by atoms with Gasteiger partial charge in [-0.2, -0.15) is 4.73 Å². The number of rotatable bonds is 8. The average Bonchev–Trinajstić information content (AvgIpc) is 3.54. The number of fused-ring (bicyclic) bond motifs is 2. The summed E-state index contributed by atoms with van der Waals surface area (Å²) in [7, 11) is 0. The van der Waals surface area contributed by atoms with Crippen molar-refractivity contribution in [3.05, 3.63) is 70.2 Å². The Kier molecular flexibility index (Phi) is 6.02. The second kappa shape index (κ2) is 8.86. The molecule has 1 aromatic carbocycles. The molecule has 0 bridgehead atoms. The zero-order chi connectivity index (χ0) is 21.0. The molecule has 2 aliphatic rings. The minimum Gasteiger partial charge on any atom is -0.618 e. The summed E-state index contributed by atoms with van der Waals surface area (Å²) in [5, 5.41) is 12.9. The van der Waals surface area contributed by atoms with E-state index < -0.39 is 6.09 Å². The van der Waals surface area contributed by atoms with Crippen molar-refractivity contribution in [1.82, 2.24) is 4.90 Å². The van der Waals surface area contributed by atoms with Gasteiger partial charge in [-0.3, -0.25) is 0 Å². The van der Waals surface area contributed by atoms with Gasteiger partial charge < -0.3 is 19.6 Å². The minimum atomic E-state index is -0.512. The SMILES string of the molecule is O=CCN(CCCc1ccc2c([n+]1[O-])CCCC21CC1)C(=O)OCc1ccccc1. The van der Waals surface area contributed by atoms with Crippen LogP contribution in [0.1, 0.15) is 54.6 Å². The highest BCUT2D eigenvalue weighted by atomic mass is 16.6. The van der Waals surface area contributed by atoms with Crippen molar-refractivity contribution in [2.45, 2.75) is 57.0 Å². The molecule has 4 rings (SSSR count). The van der Waals surface area contributed by atoms with Crippen LogP contribution in [0.25, 0.3) is 0 Å². The molecular weight excluding hydrogens is 380 g/mol. The lowest BCUT2D eigenvalue weighted by Crippen LogP contribution is -2.41. The van der Waals surface area contributed by atoms with Crippen molar-refractivity contribution in [1.29, 1.82) is 0 Å². The average molecular weight is 408 g/mol. The van der Waals surface area contributed by atoms with Crippen LogP contribution in [0, 0.1) is 5.21 Å². The van der Waals surface area contributed by atoms with Gasteiger partial charge in [0.1, 0.15) is 12.9 Å². The largest absolute Gasteiger partial charge is 0.618 e. The topological polar surface area (TPSA) is 73.5 Å². The van der Waals surface area contributed by atoms with Crippen molar-refractivity contribution in [3.8, 4) is 0 Å². The van der Waals surface area contributed by atoms with Gasteiger partial charge in [-0.1, -0.05) is 30.3 Å². The highest BCUT2D eigenvalue weighted by Crippen LogP contribution is 2.54. The number of ether oxygens (including phenoxy) is 1. The predicted molar refractivity (Wildman–Crippen MR) is 112 cm³/mol. The first kappa shape index (κ1) is 20.4. The number of nitrogens with zero attached hydrogens (tertiary/aromatic N) is 2. The van der Waals surface area contributed by atoms with Gasteiger partial charge in [0.15, 0.2) is 11.4 Å². The van der Waals surface area contributed by atoms with Crippen LogP contribution in [0.4, 0.5) is 4.79 Å². The fraction of sp³-hybridized carbons (Fsp3) is 0.458. The van der Waals surface area contributed by atoms with Crippen LogP contribution in [-0.4, -0.2) is 30.4 Å². The third-order valence-electron chi connectivity index (χ3n) is 6.37. The first-order chi connectivity index (χ1) is 14.6. The van der Waals surface area contributed by atoms with E-state index >= 15 is 0 Å². The van der Waals surface area contributed by atoms with Gasteiger partial charge in [0.25, 0.3) is 0 Å². The first-order valence-electron chi connectivity index (χ1n) is 10.8. The van der Waals surface area contributed by atoms with Crippen LogP contribution < -0.4 is 4.73 Å². The van der Waals surface area contributed by atoms with Crippen LogP contribution in [0.3, 0.4) is 0 Å². The van der Waals surface area contributed by atoms with Gasteiger partial charge in [-0.15, -0.1) is 0 Å².